The summed E-state index contributed by atoms with van der Waals surface area (Å²) in [5.74, 6) is 0. The smallest absolute Gasteiger partial charge is 0.0422 e. The van der Waals surface area contributed by atoms with Crippen molar-refractivity contribution in [1.82, 2.24) is 10.3 Å². The number of hydrogen-bond acceptors (Lipinski definition) is 3. The highest BCUT2D eigenvalue weighted by Crippen LogP contribution is 2.31. The molecule has 1 unspecified atom stereocenters. The van der Waals surface area contributed by atoms with Crippen molar-refractivity contribution in [2.45, 2.75) is 25.8 Å². The molecule has 3 rings (SSSR count). The van der Waals surface area contributed by atoms with Crippen LogP contribution in [0, 0.1) is 0 Å². The van der Waals surface area contributed by atoms with Crippen LogP contribution in [0.2, 0.25) is 0 Å². The number of pyridine rings is 1. The molecule has 0 amide bonds. The minimum Gasteiger partial charge on any atom is -0.313 e. The zero-order valence-corrected chi connectivity index (χ0v) is 13.3. The summed E-state index contributed by atoms with van der Waals surface area (Å²) in [6.07, 6.45) is 3.95. The first kappa shape index (κ1) is 14.2. The molecule has 0 aliphatic rings. The molecule has 0 saturated carbocycles. The van der Waals surface area contributed by atoms with Crippen molar-refractivity contribution in [2.75, 3.05) is 7.05 Å². The number of aryl methyl sites for hydroxylation is 1. The van der Waals surface area contributed by atoms with Crippen molar-refractivity contribution in [3.8, 4) is 0 Å². The Labute approximate surface area is 129 Å². The average Bonchev–Trinajstić information content (AvgIpc) is 2.97. The number of nitrogens with one attached hydrogen (secondary N) is 1. The fourth-order valence-corrected chi connectivity index (χ4v) is 3.65. The predicted molar refractivity (Wildman–Crippen MR) is 90.9 cm³/mol. The van der Waals surface area contributed by atoms with Crippen molar-refractivity contribution < 1.29 is 0 Å². The summed E-state index contributed by atoms with van der Waals surface area (Å²) in [4.78, 5) is 4.59. The van der Waals surface area contributed by atoms with Gasteiger partial charge in [-0.3, -0.25) is 4.98 Å². The quantitative estimate of drug-likeness (QED) is 0.756. The van der Waals surface area contributed by atoms with Gasteiger partial charge >= 0.3 is 0 Å². The molecule has 1 N–H and O–H groups in total. The maximum Gasteiger partial charge on any atom is 0.0422 e. The summed E-state index contributed by atoms with van der Waals surface area (Å²) < 4.78 is 1.35. The molecular weight excluding hydrogens is 276 g/mol. The molecule has 21 heavy (non-hydrogen) atoms. The third kappa shape index (κ3) is 2.99. The van der Waals surface area contributed by atoms with E-state index in [2.05, 4.69) is 59.0 Å². The molecule has 0 aliphatic heterocycles. The van der Waals surface area contributed by atoms with Crippen molar-refractivity contribution in [1.29, 1.82) is 0 Å². The van der Waals surface area contributed by atoms with Crippen LogP contribution in [-0.2, 0) is 12.8 Å². The fraction of sp³-hybridized carbons (Fsp3) is 0.278. The molecule has 2 nitrogen and oxygen atoms in total. The van der Waals surface area contributed by atoms with Gasteiger partial charge < -0.3 is 5.32 Å². The SMILES string of the molecule is CCc1ccc(CC(NC)c2csc3ccccc23)nc1. The second-order valence-corrected chi connectivity index (χ2v) is 6.16. The Morgan fingerprint density at radius 2 is 2.05 bits per heavy atom. The molecule has 2 aromatic heterocycles. The minimum absolute atomic E-state index is 0.307. The van der Waals surface area contributed by atoms with E-state index in [0.29, 0.717) is 6.04 Å². The second kappa shape index (κ2) is 6.37. The van der Waals surface area contributed by atoms with Gasteiger partial charge in [0, 0.05) is 29.1 Å². The molecule has 3 aromatic rings. The number of rotatable bonds is 5. The number of aromatic nitrogens is 1. The third-order valence-electron chi connectivity index (χ3n) is 3.94. The van der Waals surface area contributed by atoms with Crippen molar-refractivity contribution in [2.24, 2.45) is 0 Å². The maximum absolute atomic E-state index is 4.59. The lowest BCUT2D eigenvalue weighted by Crippen LogP contribution is -2.19. The first-order valence-corrected chi connectivity index (χ1v) is 8.27. The Bertz CT molecular complexity index is 715. The summed E-state index contributed by atoms with van der Waals surface area (Å²) in [5.41, 5.74) is 3.81. The Hall–Kier alpha value is -1.71. The monoisotopic (exact) mass is 296 g/mol. The number of nitrogens with zero attached hydrogens (tertiary/aromatic N) is 1. The van der Waals surface area contributed by atoms with Gasteiger partial charge in [-0.05, 0) is 47.5 Å². The van der Waals surface area contributed by atoms with Crippen LogP contribution in [0.5, 0.6) is 0 Å². The van der Waals surface area contributed by atoms with Crippen molar-refractivity contribution >= 4 is 21.4 Å². The van der Waals surface area contributed by atoms with Crippen LogP contribution in [0.25, 0.3) is 10.1 Å². The number of hydrogen-bond donors (Lipinski definition) is 1. The zero-order chi connectivity index (χ0) is 14.7. The van der Waals surface area contributed by atoms with E-state index < -0.39 is 0 Å². The topological polar surface area (TPSA) is 24.9 Å². The van der Waals surface area contributed by atoms with Gasteiger partial charge in [0.2, 0.25) is 0 Å². The Morgan fingerprint density at radius 3 is 2.76 bits per heavy atom. The number of likely N-dealkylation sites (N-methyl/N-ethyl adjacent to an activating group) is 1. The lowest BCUT2D eigenvalue weighted by atomic mass is 10.0. The van der Waals surface area contributed by atoms with Crippen LogP contribution in [0.15, 0.2) is 48.0 Å². The van der Waals surface area contributed by atoms with E-state index in [1.165, 1.54) is 21.2 Å². The van der Waals surface area contributed by atoms with Gasteiger partial charge in [-0.2, -0.15) is 0 Å². The summed E-state index contributed by atoms with van der Waals surface area (Å²) >= 11 is 1.81. The minimum atomic E-state index is 0.307. The normalized spacial score (nSPS) is 12.7. The van der Waals surface area contributed by atoms with Gasteiger partial charge in [-0.15, -0.1) is 11.3 Å². The molecule has 3 heteroatoms. The van der Waals surface area contributed by atoms with Crippen LogP contribution in [-0.4, -0.2) is 12.0 Å². The predicted octanol–water partition coefficient (Wildman–Crippen LogP) is 4.36. The molecule has 0 aliphatic carbocycles. The average molecular weight is 296 g/mol. The van der Waals surface area contributed by atoms with Crippen LogP contribution >= 0.6 is 11.3 Å². The highest BCUT2D eigenvalue weighted by atomic mass is 32.1. The first-order valence-electron chi connectivity index (χ1n) is 7.39. The van der Waals surface area contributed by atoms with Crippen LogP contribution in [0.4, 0.5) is 0 Å². The van der Waals surface area contributed by atoms with Crippen LogP contribution in [0.1, 0.15) is 29.8 Å². The molecule has 108 valence electrons. The first-order chi connectivity index (χ1) is 10.3. The highest BCUT2D eigenvalue weighted by Gasteiger charge is 2.15. The van der Waals surface area contributed by atoms with Crippen LogP contribution in [0.3, 0.4) is 0 Å². The molecule has 1 aromatic carbocycles. The molecule has 0 fully saturated rings. The molecule has 0 bridgehead atoms. The van der Waals surface area contributed by atoms with Gasteiger partial charge in [-0.1, -0.05) is 31.2 Å². The fourth-order valence-electron chi connectivity index (χ4n) is 2.63. The van der Waals surface area contributed by atoms with Crippen LogP contribution < -0.4 is 5.32 Å². The van der Waals surface area contributed by atoms with Gasteiger partial charge in [0.1, 0.15) is 0 Å². The molecule has 2 heterocycles. The Balaban J connectivity index is 1.87. The van der Waals surface area contributed by atoms with E-state index in [1.54, 1.807) is 0 Å². The van der Waals surface area contributed by atoms with E-state index in [0.717, 1.165) is 18.5 Å². The lowest BCUT2D eigenvalue weighted by molar-refractivity contribution is 0.589. The summed E-state index contributed by atoms with van der Waals surface area (Å²) in [6, 6.07) is 13.2. The van der Waals surface area contributed by atoms with E-state index in [1.807, 2.05) is 24.6 Å². The lowest BCUT2D eigenvalue weighted by Gasteiger charge is -2.15. The molecule has 0 radical (unpaired) electrons. The summed E-state index contributed by atoms with van der Waals surface area (Å²) in [6.45, 7) is 2.16. The Kier molecular flexibility index (Phi) is 4.32. The number of thiophene rings is 1. The number of fused-ring (bicyclic) bond motifs is 1. The van der Waals surface area contributed by atoms with E-state index in [9.17, 15) is 0 Å². The molecule has 1 atom stereocenters. The molecule has 0 saturated heterocycles. The van der Waals surface area contributed by atoms with Gasteiger partial charge in [0.25, 0.3) is 0 Å². The van der Waals surface area contributed by atoms with Crippen molar-refractivity contribution in [3.63, 3.8) is 0 Å². The largest absolute Gasteiger partial charge is 0.313 e. The molecule has 0 spiro atoms. The third-order valence-corrected chi connectivity index (χ3v) is 4.92. The standard InChI is InChI=1S/C18H20N2S/c1-3-13-8-9-14(20-11-13)10-17(19-2)16-12-21-18-7-5-4-6-15(16)18/h4-9,11-12,17,19H,3,10H2,1-2H3. The highest BCUT2D eigenvalue weighted by molar-refractivity contribution is 7.17. The van der Waals surface area contributed by atoms with E-state index in [4.69, 9.17) is 0 Å². The van der Waals surface area contributed by atoms with E-state index >= 15 is 0 Å². The van der Waals surface area contributed by atoms with Gasteiger partial charge in [0.05, 0.1) is 0 Å². The molecular formula is C18H20N2S. The second-order valence-electron chi connectivity index (χ2n) is 5.24. The van der Waals surface area contributed by atoms with Gasteiger partial charge in [0.15, 0.2) is 0 Å². The van der Waals surface area contributed by atoms with E-state index in [-0.39, 0.29) is 0 Å². The van der Waals surface area contributed by atoms with Gasteiger partial charge in [-0.25, -0.2) is 0 Å². The Morgan fingerprint density at radius 1 is 1.19 bits per heavy atom. The summed E-state index contributed by atoms with van der Waals surface area (Å²) in [5, 5.41) is 7.06. The zero-order valence-electron chi connectivity index (χ0n) is 12.5. The van der Waals surface area contributed by atoms with Crippen molar-refractivity contribution in [3.05, 3.63) is 64.8 Å². The maximum atomic E-state index is 4.59. The summed E-state index contributed by atoms with van der Waals surface area (Å²) in [7, 11) is 2.03. The number of benzene rings is 1.